The third-order valence-corrected chi connectivity index (χ3v) is 2.05. The van der Waals surface area contributed by atoms with E-state index in [4.69, 9.17) is 10.8 Å². The zero-order valence-corrected chi connectivity index (χ0v) is 8.71. The summed E-state index contributed by atoms with van der Waals surface area (Å²) in [6.45, 7) is 0.321. The largest absolute Gasteiger partial charge is 0.507 e. The van der Waals surface area contributed by atoms with E-state index in [9.17, 15) is 9.90 Å². The normalized spacial score (nSPS) is 12.8. The molecule has 86 valence electrons. The van der Waals surface area contributed by atoms with Crippen molar-refractivity contribution in [1.82, 2.24) is 0 Å². The Kier molecular flexibility index (Phi) is 4.47. The molecule has 1 atom stereocenters. The van der Waals surface area contributed by atoms with Crippen LogP contribution in [0.4, 0.5) is 0 Å². The molecule has 1 aromatic rings. The average molecular weight is 222 g/mol. The Morgan fingerprint density at radius 2 is 2.19 bits per heavy atom. The molecule has 0 saturated carbocycles. The minimum absolute atomic E-state index is 0.147. The van der Waals surface area contributed by atoms with Gasteiger partial charge >= 0.3 is 5.97 Å². The standard InChI is InChI=1S/C11H14N2O3/c12-9(11(15)16)5-6-13-7-8-3-1-2-4-10(8)14/h1-4,7,9,14H,5-6,12H2,(H,15,16)/t9-/m0/s1. The van der Waals surface area contributed by atoms with Crippen LogP contribution >= 0.6 is 0 Å². The molecule has 0 bridgehead atoms. The summed E-state index contributed by atoms with van der Waals surface area (Å²) >= 11 is 0. The van der Waals surface area contributed by atoms with Crippen molar-refractivity contribution in [2.75, 3.05) is 6.54 Å². The first kappa shape index (κ1) is 12.2. The van der Waals surface area contributed by atoms with Gasteiger partial charge in [0, 0.05) is 18.3 Å². The van der Waals surface area contributed by atoms with Gasteiger partial charge in [-0.25, -0.2) is 0 Å². The van der Waals surface area contributed by atoms with Crippen LogP contribution in [0.3, 0.4) is 0 Å². The summed E-state index contributed by atoms with van der Waals surface area (Å²) in [5.74, 6) is -0.883. The molecule has 0 saturated heterocycles. The SMILES string of the molecule is N[C@@H](CCN=Cc1ccccc1O)C(=O)O. The molecule has 0 aliphatic carbocycles. The van der Waals surface area contributed by atoms with Crippen molar-refractivity contribution in [3.63, 3.8) is 0 Å². The summed E-state index contributed by atoms with van der Waals surface area (Å²) in [5, 5.41) is 17.9. The lowest BCUT2D eigenvalue weighted by molar-refractivity contribution is -0.138. The summed E-state index contributed by atoms with van der Waals surface area (Å²) in [7, 11) is 0. The summed E-state index contributed by atoms with van der Waals surface area (Å²) < 4.78 is 0. The maximum absolute atomic E-state index is 10.4. The van der Waals surface area contributed by atoms with Gasteiger partial charge in [-0.2, -0.15) is 0 Å². The van der Waals surface area contributed by atoms with Gasteiger partial charge in [-0.3, -0.25) is 9.79 Å². The smallest absolute Gasteiger partial charge is 0.320 e. The number of hydrogen-bond acceptors (Lipinski definition) is 4. The summed E-state index contributed by atoms with van der Waals surface area (Å²) in [4.78, 5) is 14.4. The molecule has 5 nitrogen and oxygen atoms in total. The first-order valence-corrected chi connectivity index (χ1v) is 4.87. The molecule has 0 amide bonds. The number of benzene rings is 1. The van der Waals surface area contributed by atoms with E-state index in [1.807, 2.05) is 0 Å². The number of para-hydroxylation sites is 1. The summed E-state index contributed by atoms with van der Waals surface area (Å²) in [6.07, 6.45) is 1.78. The Labute approximate surface area is 93.2 Å². The number of rotatable bonds is 5. The van der Waals surface area contributed by atoms with Crippen LogP contribution in [0.1, 0.15) is 12.0 Å². The number of nitrogens with zero attached hydrogens (tertiary/aromatic N) is 1. The van der Waals surface area contributed by atoms with Crippen molar-refractivity contribution in [2.45, 2.75) is 12.5 Å². The molecule has 16 heavy (non-hydrogen) atoms. The van der Waals surface area contributed by atoms with Crippen LogP contribution in [0, 0.1) is 0 Å². The maximum atomic E-state index is 10.4. The molecule has 5 heteroatoms. The topological polar surface area (TPSA) is 95.9 Å². The molecule has 1 rings (SSSR count). The van der Waals surface area contributed by atoms with Crippen LogP contribution < -0.4 is 5.73 Å². The third kappa shape index (κ3) is 3.70. The molecule has 0 aliphatic heterocycles. The van der Waals surface area contributed by atoms with Crippen LogP contribution in [0.2, 0.25) is 0 Å². The molecular formula is C11H14N2O3. The second kappa shape index (κ2) is 5.87. The highest BCUT2D eigenvalue weighted by molar-refractivity contribution is 5.83. The van der Waals surface area contributed by atoms with E-state index in [2.05, 4.69) is 4.99 Å². The van der Waals surface area contributed by atoms with E-state index in [0.29, 0.717) is 12.1 Å². The van der Waals surface area contributed by atoms with Crippen LogP contribution in [0.25, 0.3) is 0 Å². The fraction of sp³-hybridized carbons (Fsp3) is 0.273. The van der Waals surface area contributed by atoms with Gasteiger partial charge < -0.3 is 15.9 Å². The molecule has 0 spiro atoms. The van der Waals surface area contributed by atoms with Gasteiger partial charge in [0.05, 0.1) is 0 Å². The predicted molar refractivity (Wildman–Crippen MR) is 60.8 cm³/mol. The van der Waals surface area contributed by atoms with E-state index in [1.54, 1.807) is 24.3 Å². The molecule has 0 aromatic heterocycles. The van der Waals surface area contributed by atoms with Crippen molar-refractivity contribution in [1.29, 1.82) is 0 Å². The lowest BCUT2D eigenvalue weighted by Gasteiger charge is -2.02. The first-order valence-electron chi connectivity index (χ1n) is 4.87. The Hall–Kier alpha value is -1.88. The first-order chi connectivity index (χ1) is 7.61. The second-order valence-corrected chi connectivity index (χ2v) is 3.33. The number of aromatic hydroxyl groups is 1. The highest BCUT2D eigenvalue weighted by Gasteiger charge is 2.09. The zero-order valence-electron chi connectivity index (χ0n) is 8.71. The Balaban J connectivity index is 2.44. The van der Waals surface area contributed by atoms with E-state index >= 15 is 0 Å². The minimum Gasteiger partial charge on any atom is -0.507 e. The molecule has 0 radical (unpaired) electrons. The van der Waals surface area contributed by atoms with Gasteiger partial charge in [-0.15, -0.1) is 0 Å². The van der Waals surface area contributed by atoms with E-state index in [-0.39, 0.29) is 12.2 Å². The van der Waals surface area contributed by atoms with Crippen LogP contribution in [0.15, 0.2) is 29.3 Å². The number of nitrogens with two attached hydrogens (primary N) is 1. The van der Waals surface area contributed by atoms with Gasteiger partial charge in [0.25, 0.3) is 0 Å². The lowest BCUT2D eigenvalue weighted by Crippen LogP contribution is -2.30. The Morgan fingerprint density at radius 1 is 1.50 bits per heavy atom. The van der Waals surface area contributed by atoms with Gasteiger partial charge in [-0.1, -0.05) is 12.1 Å². The number of hydrogen-bond donors (Lipinski definition) is 3. The van der Waals surface area contributed by atoms with Gasteiger partial charge in [0.2, 0.25) is 0 Å². The number of phenolic OH excluding ortho intramolecular Hbond substituents is 1. The van der Waals surface area contributed by atoms with E-state index in [0.717, 1.165) is 0 Å². The summed E-state index contributed by atoms with van der Waals surface area (Å²) in [6, 6.07) is 5.89. The fourth-order valence-corrected chi connectivity index (χ4v) is 1.10. The Morgan fingerprint density at radius 3 is 2.81 bits per heavy atom. The second-order valence-electron chi connectivity index (χ2n) is 3.33. The molecule has 0 unspecified atom stereocenters. The average Bonchev–Trinajstić information content (AvgIpc) is 2.26. The van der Waals surface area contributed by atoms with E-state index in [1.165, 1.54) is 6.21 Å². The third-order valence-electron chi connectivity index (χ3n) is 2.05. The minimum atomic E-state index is -1.03. The Bertz CT molecular complexity index is 391. The highest BCUT2D eigenvalue weighted by atomic mass is 16.4. The van der Waals surface area contributed by atoms with Crippen molar-refractivity contribution in [2.24, 2.45) is 10.7 Å². The zero-order chi connectivity index (χ0) is 12.0. The number of carbonyl (C=O) groups is 1. The molecule has 0 fully saturated rings. The van der Waals surface area contributed by atoms with Crippen molar-refractivity contribution < 1.29 is 15.0 Å². The van der Waals surface area contributed by atoms with Gasteiger partial charge in [0.15, 0.2) is 0 Å². The van der Waals surface area contributed by atoms with E-state index < -0.39 is 12.0 Å². The molecule has 1 aromatic carbocycles. The number of phenols is 1. The fourth-order valence-electron chi connectivity index (χ4n) is 1.10. The van der Waals surface area contributed by atoms with Crippen molar-refractivity contribution in [3.8, 4) is 5.75 Å². The molecular weight excluding hydrogens is 208 g/mol. The molecule has 4 N–H and O–H groups in total. The summed E-state index contributed by atoms with van der Waals surface area (Å²) in [5.41, 5.74) is 5.91. The van der Waals surface area contributed by atoms with Gasteiger partial charge in [-0.05, 0) is 18.6 Å². The molecule has 0 heterocycles. The van der Waals surface area contributed by atoms with Crippen LogP contribution in [0.5, 0.6) is 5.75 Å². The molecule has 0 aliphatic rings. The lowest BCUT2D eigenvalue weighted by atomic mass is 10.2. The monoisotopic (exact) mass is 222 g/mol. The quantitative estimate of drug-likeness (QED) is 0.636. The van der Waals surface area contributed by atoms with Crippen LogP contribution in [-0.4, -0.2) is 35.0 Å². The number of aliphatic imine (C=N–C) groups is 1. The maximum Gasteiger partial charge on any atom is 0.320 e. The number of carboxylic acids is 1. The number of carboxylic acid groups (broad SMARTS) is 1. The van der Waals surface area contributed by atoms with Crippen molar-refractivity contribution >= 4 is 12.2 Å². The van der Waals surface area contributed by atoms with Crippen LogP contribution in [-0.2, 0) is 4.79 Å². The number of aliphatic carboxylic acids is 1. The van der Waals surface area contributed by atoms with Gasteiger partial charge in [0.1, 0.15) is 11.8 Å². The highest BCUT2D eigenvalue weighted by Crippen LogP contribution is 2.12. The predicted octanol–water partition coefficient (Wildman–Crippen LogP) is 0.613. The van der Waals surface area contributed by atoms with Crippen molar-refractivity contribution in [3.05, 3.63) is 29.8 Å².